The number of amides is 3. The number of hydrogen-bond donors (Lipinski definition) is 2. The maximum absolute atomic E-state index is 13.5. The Kier molecular flexibility index (Phi) is 21.5. The van der Waals surface area contributed by atoms with Crippen LogP contribution in [0.5, 0.6) is 0 Å². The van der Waals surface area contributed by atoms with Gasteiger partial charge in [-0.3, -0.25) is 19.2 Å². The highest BCUT2D eigenvalue weighted by molar-refractivity contribution is 7.99. The molecule has 3 amide bonds. The van der Waals surface area contributed by atoms with Crippen LogP contribution in [0, 0.1) is 0 Å². The lowest BCUT2D eigenvalue weighted by Crippen LogP contribution is -2.54. The van der Waals surface area contributed by atoms with E-state index in [2.05, 4.69) is 27.8 Å². The normalized spacial score (nSPS) is 12.8. The number of allylic oxidation sites excluding steroid dienone is 1. The smallest absolute Gasteiger partial charge is 0.417 e. The molecule has 0 heterocycles. The monoisotopic (exact) mass is 615 g/mol. The molecule has 0 aliphatic heterocycles. The first kappa shape index (κ1) is 39.4. The predicted molar refractivity (Wildman–Crippen MR) is 165 cm³/mol. The molecule has 3 N–H and O–H groups in total. The Labute approximate surface area is 256 Å². The minimum absolute atomic E-state index is 0.00593. The van der Waals surface area contributed by atoms with E-state index in [1.165, 1.54) is 63.8 Å². The number of methoxy groups -OCH3 is 2. The van der Waals surface area contributed by atoms with Gasteiger partial charge in [0.15, 0.2) is 0 Å². The largest absolute Gasteiger partial charge is 0.468 e. The molecule has 0 fully saturated rings. The molecule has 0 radical (unpaired) electrons. The molecule has 11 nitrogen and oxygen atoms in total. The van der Waals surface area contributed by atoms with Crippen molar-refractivity contribution in [3.63, 3.8) is 0 Å². The molecule has 0 aliphatic carbocycles. The molecule has 42 heavy (non-hydrogen) atoms. The molecule has 2 unspecified atom stereocenters. The van der Waals surface area contributed by atoms with Crippen LogP contribution in [0.2, 0.25) is 0 Å². The van der Waals surface area contributed by atoms with Gasteiger partial charge < -0.3 is 25.3 Å². The Bertz CT molecular complexity index is 860. The molecule has 242 valence electrons. The zero-order valence-electron chi connectivity index (χ0n) is 26.4. The summed E-state index contributed by atoms with van der Waals surface area (Å²) in [7, 11) is 2.34. The van der Waals surface area contributed by atoms with Crippen molar-refractivity contribution in [1.82, 2.24) is 10.2 Å². The van der Waals surface area contributed by atoms with Gasteiger partial charge in [-0.15, -0.1) is 0 Å². The van der Waals surface area contributed by atoms with Gasteiger partial charge in [-0.25, -0.2) is 9.69 Å². The topological polar surface area (TPSA) is 154 Å². The number of unbranched alkanes of at least 4 members (excludes halogenated alkanes) is 8. The molecule has 0 rings (SSSR count). The average molecular weight is 616 g/mol. The maximum Gasteiger partial charge on any atom is 0.417 e. The average Bonchev–Trinajstić information content (AvgIpc) is 2.94. The zero-order valence-corrected chi connectivity index (χ0v) is 27.2. The summed E-state index contributed by atoms with van der Waals surface area (Å²) in [6.45, 7) is 6.43. The number of nitrogens with one attached hydrogen (secondary N) is 1. The van der Waals surface area contributed by atoms with Gasteiger partial charge in [0.05, 0.1) is 14.2 Å². The Morgan fingerprint density at radius 1 is 0.929 bits per heavy atom. The highest BCUT2D eigenvalue weighted by Gasteiger charge is 2.34. The number of imide groups is 1. The number of carbonyl (C=O) groups excluding carboxylic acids is 5. The van der Waals surface area contributed by atoms with Gasteiger partial charge >= 0.3 is 18.0 Å². The number of thioether (sulfide) groups is 1. The van der Waals surface area contributed by atoms with Crippen molar-refractivity contribution in [3.05, 3.63) is 12.2 Å². The van der Waals surface area contributed by atoms with Crippen LogP contribution in [-0.4, -0.2) is 84.7 Å². The van der Waals surface area contributed by atoms with E-state index in [4.69, 9.17) is 10.5 Å². The summed E-state index contributed by atoms with van der Waals surface area (Å²) in [5.74, 6) is -2.10. The first-order chi connectivity index (χ1) is 19.9. The number of carbonyl (C=O) groups is 5. The quantitative estimate of drug-likeness (QED) is 0.0816. The third-order valence-electron chi connectivity index (χ3n) is 6.10. The zero-order chi connectivity index (χ0) is 32.0. The Balaban J connectivity index is 5.22. The highest BCUT2D eigenvalue weighted by Crippen LogP contribution is 2.14. The summed E-state index contributed by atoms with van der Waals surface area (Å²) in [5.41, 5.74) is 4.79. The number of ether oxygens (including phenoxy) is 3. The minimum Gasteiger partial charge on any atom is -0.468 e. The lowest BCUT2D eigenvalue weighted by atomic mass is 10.1. The van der Waals surface area contributed by atoms with Crippen LogP contribution in [0.3, 0.4) is 0 Å². The lowest BCUT2D eigenvalue weighted by molar-refractivity contribution is -0.147. The van der Waals surface area contributed by atoms with Crippen LogP contribution in [-0.2, 0) is 33.4 Å². The molecule has 0 aromatic heterocycles. The third-order valence-corrected chi connectivity index (χ3v) is 7.10. The van der Waals surface area contributed by atoms with Gasteiger partial charge in [-0.1, -0.05) is 64.0 Å². The molecule has 0 saturated heterocycles. The second kappa shape index (κ2) is 22.9. The standard InChI is InChI=1S/C30H53N3O8S/c1-7-8-9-10-11-12-13-14-15-16-17-20-42-22-24(32-25(34)19-18-23(31)28(37)40-6)27(36)33(21-26(35)39-5)29(38)41-30(2,3)4/h16-17,23-24H,7-15,18-22,31H2,1-6H3,(H,32,34)/b17-16+. The number of nitrogens with zero attached hydrogens (tertiary/aromatic N) is 1. The molecular weight excluding hydrogens is 562 g/mol. The second-order valence-corrected chi connectivity index (χ2v) is 12.1. The van der Waals surface area contributed by atoms with Crippen LogP contribution >= 0.6 is 11.8 Å². The van der Waals surface area contributed by atoms with Gasteiger partial charge in [0.2, 0.25) is 5.91 Å². The van der Waals surface area contributed by atoms with E-state index in [0.29, 0.717) is 10.7 Å². The first-order valence-corrected chi connectivity index (χ1v) is 16.0. The molecule has 0 spiro atoms. The van der Waals surface area contributed by atoms with Crippen LogP contribution in [0.4, 0.5) is 4.79 Å². The van der Waals surface area contributed by atoms with Crippen LogP contribution < -0.4 is 11.1 Å². The number of esters is 2. The van der Waals surface area contributed by atoms with E-state index in [9.17, 15) is 24.0 Å². The van der Waals surface area contributed by atoms with Crippen molar-refractivity contribution >= 4 is 41.6 Å². The number of rotatable bonds is 21. The van der Waals surface area contributed by atoms with E-state index in [1.807, 2.05) is 6.08 Å². The van der Waals surface area contributed by atoms with Crippen molar-refractivity contribution in [1.29, 1.82) is 0 Å². The molecule has 0 aromatic carbocycles. The van der Waals surface area contributed by atoms with Crippen molar-refractivity contribution in [2.75, 3.05) is 32.3 Å². The number of hydrogen-bond acceptors (Lipinski definition) is 10. The van der Waals surface area contributed by atoms with E-state index in [1.54, 1.807) is 20.8 Å². The first-order valence-electron chi connectivity index (χ1n) is 14.8. The molecule has 0 aromatic rings. The van der Waals surface area contributed by atoms with Crippen molar-refractivity contribution < 1.29 is 38.2 Å². The van der Waals surface area contributed by atoms with E-state index in [-0.39, 0.29) is 18.6 Å². The number of nitrogens with two attached hydrogens (primary N) is 1. The maximum atomic E-state index is 13.5. The molecule has 0 aliphatic rings. The Morgan fingerprint density at radius 2 is 1.55 bits per heavy atom. The molecule has 0 bridgehead atoms. The van der Waals surface area contributed by atoms with Crippen molar-refractivity contribution in [2.45, 2.75) is 116 Å². The second-order valence-electron chi connectivity index (χ2n) is 11.0. The van der Waals surface area contributed by atoms with Crippen LogP contribution in [0.15, 0.2) is 12.2 Å². The Hall–Kier alpha value is -2.60. The molecule has 0 saturated carbocycles. The van der Waals surface area contributed by atoms with Gasteiger partial charge in [-0.05, 0) is 40.0 Å². The molecule has 2 atom stereocenters. The summed E-state index contributed by atoms with van der Waals surface area (Å²) in [4.78, 5) is 63.2. The van der Waals surface area contributed by atoms with Gasteiger partial charge in [0, 0.05) is 17.9 Å². The summed E-state index contributed by atoms with van der Waals surface area (Å²) in [6, 6.07) is -2.14. The lowest BCUT2D eigenvalue weighted by Gasteiger charge is -2.28. The van der Waals surface area contributed by atoms with Gasteiger partial charge in [0.25, 0.3) is 5.91 Å². The fraction of sp³-hybridized carbons (Fsp3) is 0.767. The van der Waals surface area contributed by atoms with E-state index in [0.717, 1.165) is 20.0 Å². The Morgan fingerprint density at radius 3 is 2.12 bits per heavy atom. The SMILES string of the molecule is CCCCCCCCCC/C=C/CSCC(NC(=O)CCC(N)C(=O)OC)C(=O)N(CC(=O)OC)C(=O)OC(C)(C)C. The van der Waals surface area contributed by atoms with Crippen molar-refractivity contribution in [3.8, 4) is 0 Å². The van der Waals surface area contributed by atoms with Gasteiger partial charge in [0.1, 0.15) is 24.2 Å². The fourth-order valence-electron chi connectivity index (χ4n) is 3.76. The van der Waals surface area contributed by atoms with Gasteiger partial charge in [-0.2, -0.15) is 11.8 Å². The van der Waals surface area contributed by atoms with Crippen LogP contribution in [0.25, 0.3) is 0 Å². The minimum atomic E-state index is -1.14. The van der Waals surface area contributed by atoms with Crippen molar-refractivity contribution in [2.24, 2.45) is 5.73 Å². The molecular formula is C30H53N3O8S. The predicted octanol–water partition coefficient (Wildman–Crippen LogP) is 4.51. The summed E-state index contributed by atoms with van der Waals surface area (Å²) in [6.07, 6.45) is 14.0. The van der Waals surface area contributed by atoms with E-state index >= 15 is 0 Å². The molecule has 12 heteroatoms. The summed E-state index contributed by atoms with van der Waals surface area (Å²) < 4.78 is 14.6. The summed E-state index contributed by atoms with van der Waals surface area (Å²) in [5, 5.41) is 2.62. The fourth-order valence-corrected chi connectivity index (χ4v) is 4.63. The highest BCUT2D eigenvalue weighted by atomic mass is 32.2. The van der Waals surface area contributed by atoms with E-state index < -0.39 is 54.1 Å². The third kappa shape index (κ3) is 19.5. The summed E-state index contributed by atoms with van der Waals surface area (Å²) >= 11 is 1.39. The van der Waals surface area contributed by atoms with Crippen LogP contribution in [0.1, 0.15) is 98.3 Å².